The van der Waals surface area contributed by atoms with Gasteiger partial charge in [0.1, 0.15) is 9.84 Å². The molecule has 0 radical (unpaired) electrons. The highest BCUT2D eigenvalue weighted by molar-refractivity contribution is 7.90. The second-order valence-electron chi connectivity index (χ2n) is 4.53. The summed E-state index contributed by atoms with van der Waals surface area (Å²) >= 11 is 0. The van der Waals surface area contributed by atoms with Gasteiger partial charge in [0.2, 0.25) is 0 Å². The largest absolute Gasteiger partial charge is 0.313 e. The Morgan fingerprint density at radius 1 is 1.43 bits per heavy atom. The summed E-state index contributed by atoms with van der Waals surface area (Å²) in [5.41, 5.74) is 0. The summed E-state index contributed by atoms with van der Waals surface area (Å²) in [5, 5.41) is 3.24. The molecule has 0 bridgehead atoms. The third kappa shape index (κ3) is 6.38. The Labute approximate surface area is 87.2 Å². The van der Waals surface area contributed by atoms with Crippen molar-refractivity contribution in [3.8, 4) is 0 Å². The van der Waals surface area contributed by atoms with Crippen molar-refractivity contribution in [2.24, 2.45) is 5.92 Å². The second-order valence-corrected chi connectivity index (χ2v) is 6.72. The number of nitrogens with one attached hydrogen (secondary N) is 1. The molecule has 1 aliphatic carbocycles. The quantitative estimate of drug-likeness (QED) is 0.654. The van der Waals surface area contributed by atoms with Gasteiger partial charge in [-0.25, -0.2) is 8.42 Å². The van der Waals surface area contributed by atoms with Gasteiger partial charge in [-0.3, -0.25) is 0 Å². The molecule has 1 atom stereocenters. The van der Waals surface area contributed by atoms with Gasteiger partial charge >= 0.3 is 0 Å². The Balaban J connectivity index is 1.99. The third-order valence-corrected chi connectivity index (χ3v) is 3.64. The Hall–Kier alpha value is -0.0900. The van der Waals surface area contributed by atoms with Crippen LogP contribution in [-0.4, -0.2) is 33.0 Å². The van der Waals surface area contributed by atoms with Crippen molar-refractivity contribution in [2.45, 2.75) is 38.6 Å². The van der Waals surface area contributed by atoms with Crippen molar-refractivity contribution in [1.29, 1.82) is 0 Å². The maximum atomic E-state index is 11.0. The lowest BCUT2D eigenvalue weighted by atomic mass is 10.2. The molecule has 14 heavy (non-hydrogen) atoms. The van der Waals surface area contributed by atoms with E-state index in [9.17, 15) is 8.42 Å². The van der Waals surface area contributed by atoms with Gasteiger partial charge in [0.05, 0.1) is 5.75 Å². The van der Waals surface area contributed by atoms with Gasteiger partial charge in [0.25, 0.3) is 0 Å². The molecule has 3 nitrogen and oxygen atoms in total. The average molecular weight is 219 g/mol. The molecule has 1 N–H and O–H groups in total. The lowest BCUT2D eigenvalue weighted by Crippen LogP contribution is -2.33. The number of hydrogen-bond donors (Lipinski definition) is 1. The van der Waals surface area contributed by atoms with E-state index in [0.717, 1.165) is 12.5 Å². The van der Waals surface area contributed by atoms with E-state index in [1.165, 1.54) is 31.9 Å². The molecule has 1 rings (SSSR count). The van der Waals surface area contributed by atoms with Crippen LogP contribution in [0.2, 0.25) is 0 Å². The fourth-order valence-electron chi connectivity index (χ4n) is 1.66. The van der Waals surface area contributed by atoms with Gasteiger partial charge in [-0.05, 0) is 32.2 Å². The van der Waals surface area contributed by atoms with Gasteiger partial charge in [-0.15, -0.1) is 0 Å². The monoisotopic (exact) mass is 219 g/mol. The summed E-state index contributed by atoms with van der Waals surface area (Å²) in [5.74, 6) is 1.22. The van der Waals surface area contributed by atoms with Crippen LogP contribution in [0, 0.1) is 5.92 Å². The van der Waals surface area contributed by atoms with Crippen molar-refractivity contribution in [3.63, 3.8) is 0 Å². The minimum atomic E-state index is -2.83. The third-order valence-electron chi connectivity index (χ3n) is 2.53. The standard InChI is InChI=1S/C10H21NO2S/c1-9(8-14(2,12)13)11-7-3-4-10-5-6-10/h9-11H,3-8H2,1-2H3. The molecule has 1 saturated carbocycles. The number of hydrogen-bond acceptors (Lipinski definition) is 3. The van der Waals surface area contributed by atoms with Gasteiger partial charge in [0.15, 0.2) is 0 Å². The zero-order valence-corrected chi connectivity index (χ0v) is 9.94. The Kier molecular flexibility index (Phi) is 4.38. The van der Waals surface area contributed by atoms with E-state index in [1.807, 2.05) is 6.92 Å². The minimum Gasteiger partial charge on any atom is -0.313 e. The molecule has 84 valence electrons. The molecule has 0 aromatic rings. The van der Waals surface area contributed by atoms with E-state index < -0.39 is 9.84 Å². The van der Waals surface area contributed by atoms with Crippen LogP contribution in [0.25, 0.3) is 0 Å². The summed E-state index contributed by atoms with van der Waals surface area (Å²) < 4.78 is 21.9. The summed E-state index contributed by atoms with van der Waals surface area (Å²) in [6, 6.07) is 0.0872. The Morgan fingerprint density at radius 3 is 2.57 bits per heavy atom. The molecule has 0 heterocycles. The smallest absolute Gasteiger partial charge is 0.148 e. The molecule has 0 spiro atoms. The predicted octanol–water partition coefficient (Wildman–Crippen LogP) is 1.20. The lowest BCUT2D eigenvalue weighted by Gasteiger charge is -2.12. The number of rotatable bonds is 7. The Bertz CT molecular complexity index is 257. The molecular formula is C10H21NO2S. The SMILES string of the molecule is CC(CS(C)(=O)=O)NCCCC1CC1. The first kappa shape index (κ1) is 12.0. The van der Waals surface area contributed by atoms with Crippen LogP contribution in [0.3, 0.4) is 0 Å². The van der Waals surface area contributed by atoms with Crippen molar-refractivity contribution in [3.05, 3.63) is 0 Å². The minimum absolute atomic E-state index is 0.0872. The first-order chi connectivity index (χ1) is 6.47. The molecule has 0 aromatic heterocycles. The summed E-state index contributed by atoms with van der Waals surface area (Å²) in [6.07, 6.45) is 6.57. The maximum Gasteiger partial charge on any atom is 0.148 e. The van der Waals surface area contributed by atoms with Gasteiger partial charge < -0.3 is 5.32 Å². The van der Waals surface area contributed by atoms with Gasteiger partial charge in [-0.1, -0.05) is 12.8 Å². The van der Waals surface area contributed by atoms with Crippen LogP contribution in [-0.2, 0) is 9.84 Å². The molecule has 4 heteroatoms. The fraction of sp³-hybridized carbons (Fsp3) is 1.00. The molecule has 1 unspecified atom stereocenters. The second kappa shape index (κ2) is 5.12. The van der Waals surface area contributed by atoms with E-state index in [0.29, 0.717) is 0 Å². The highest BCUT2D eigenvalue weighted by atomic mass is 32.2. The van der Waals surface area contributed by atoms with Crippen molar-refractivity contribution in [2.75, 3.05) is 18.6 Å². The normalized spacial score (nSPS) is 19.6. The summed E-state index contributed by atoms with van der Waals surface area (Å²) in [4.78, 5) is 0. The van der Waals surface area contributed by atoms with Crippen LogP contribution < -0.4 is 5.32 Å². The van der Waals surface area contributed by atoms with Crippen molar-refractivity contribution in [1.82, 2.24) is 5.32 Å². The molecule has 0 amide bonds. The van der Waals surface area contributed by atoms with Gasteiger partial charge in [-0.2, -0.15) is 0 Å². The number of sulfone groups is 1. The zero-order valence-electron chi connectivity index (χ0n) is 9.12. The van der Waals surface area contributed by atoms with Crippen LogP contribution in [0.4, 0.5) is 0 Å². The Morgan fingerprint density at radius 2 is 2.07 bits per heavy atom. The topological polar surface area (TPSA) is 46.2 Å². The molecule has 1 aliphatic rings. The molecule has 0 aromatic carbocycles. The molecular weight excluding hydrogens is 198 g/mol. The van der Waals surface area contributed by atoms with Crippen LogP contribution in [0.1, 0.15) is 32.6 Å². The highest BCUT2D eigenvalue weighted by Crippen LogP contribution is 2.33. The molecule has 0 saturated heterocycles. The van der Waals surface area contributed by atoms with Crippen LogP contribution in [0.15, 0.2) is 0 Å². The van der Waals surface area contributed by atoms with E-state index in [4.69, 9.17) is 0 Å². The first-order valence-corrected chi connectivity index (χ1v) is 7.44. The van der Waals surface area contributed by atoms with E-state index in [-0.39, 0.29) is 11.8 Å². The average Bonchev–Trinajstić information content (AvgIpc) is 2.77. The maximum absolute atomic E-state index is 11.0. The van der Waals surface area contributed by atoms with Gasteiger partial charge in [0, 0.05) is 12.3 Å². The zero-order chi connectivity index (χ0) is 10.6. The molecule has 0 aliphatic heterocycles. The first-order valence-electron chi connectivity index (χ1n) is 5.38. The molecule has 1 fully saturated rings. The van der Waals surface area contributed by atoms with Crippen LogP contribution in [0.5, 0.6) is 0 Å². The van der Waals surface area contributed by atoms with Crippen molar-refractivity contribution >= 4 is 9.84 Å². The van der Waals surface area contributed by atoms with E-state index in [1.54, 1.807) is 0 Å². The highest BCUT2D eigenvalue weighted by Gasteiger charge is 2.20. The summed E-state index contributed by atoms with van der Waals surface area (Å²) in [7, 11) is -2.83. The predicted molar refractivity (Wildman–Crippen MR) is 59.1 cm³/mol. The lowest BCUT2D eigenvalue weighted by molar-refractivity contribution is 0.533. The van der Waals surface area contributed by atoms with E-state index in [2.05, 4.69) is 5.32 Å². The van der Waals surface area contributed by atoms with Crippen LogP contribution >= 0.6 is 0 Å². The van der Waals surface area contributed by atoms with E-state index >= 15 is 0 Å². The fourth-order valence-corrected chi connectivity index (χ4v) is 2.68. The van der Waals surface area contributed by atoms with Crippen molar-refractivity contribution < 1.29 is 8.42 Å². The summed E-state index contributed by atoms with van der Waals surface area (Å²) in [6.45, 7) is 2.88.